The lowest BCUT2D eigenvalue weighted by Crippen LogP contribution is -2.28. The lowest BCUT2D eigenvalue weighted by Gasteiger charge is -2.35. The first-order chi connectivity index (χ1) is 36.3. The van der Waals surface area contributed by atoms with Crippen LogP contribution in [-0.4, -0.2) is 4.57 Å². The summed E-state index contributed by atoms with van der Waals surface area (Å²) in [6, 6.07) is 97.6. The number of nitrogens with zero attached hydrogens (tertiary/aromatic N) is 2. The highest BCUT2D eigenvalue weighted by molar-refractivity contribution is 6.14. The van der Waals surface area contributed by atoms with Crippen molar-refractivity contribution in [1.29, 1.82) is 0 Å². The highest BCUT2D eigenvalue weighted by Crippen LogP contribution is 2.60. The molecular formula is C71H54N2. The Hall–Kier alpha value is -8.72. The minimum Gasteiger partial charge on any atom is -0.309 e. The Bertz CT molecular complexity index is 3970. The third-order valence-corrected chi connectivity index (χ3v) is 16.2. The fourth-order valence-electron chi connectivity index (χ4n) is 13.2. The van der Waals surface area contributed by atoms with Gasteiger partial charge in [-0.25, -0.2) is 0 Å². The summed E-state index contributed by atoms with van der Waals surface area (Å²) >= 11 is 0. The summed E-state index contributed by atoms with van der Waals surface area (Å²) in [5.74, 6) is 0.547. The van der Waals surface area contributed by atoms with Crippen LogP contribution >= 0.6 is 0 Å². The van der Waals surface area contributed by atoms with E-state index in [1.54, 1.807) is 0 Å². The molecule has 14 rings (SSSR count). The van der Waals surface area contributed by atoms with E-state index in [0.717, 1.165) is 28.3 Å². The Labute approximate surface area is 428 Å². The molecule has 0 atom stereocenters. The van der Waals surface area contributed by atoms with Crippen LogP contribution < -0.4 is 4.90 Å². The first kappa shape index (κ1) is 43.1. The first-order valence-electron chi connectivity index (χ1n) is 26.2. The predicted molar refractivity (Wildman–Crippen MR) is 307 cm³/mol. The molecule has 2 heteroatoms. The molecule has 0 aliphatic heterocycles. The summed E-state index contributed by atoms with van der Waals surface area (Å²) in [5.41, 5.74) is 20.3. The van der Waals surface area contributed by atoms with Crippen molar-refractivity contribution in [2.45, 2.75) is 43.4 Å². The van der Waals surface area contributed by atoms with Gasteiger partial charge >= 0.3 is 0 Å². The minimum atomic E-state index is -0.553. The molecule has 11 aromatic carbocycles. The van der Waals surface area contributed by atoms with Crippen molar-refractivity contribution in [3.63, 3.8) is 0 Å². The van der Waals surface area contributed by atoms with E-state index >= 15 is 0 Å². The molecule has 12 aromatic rings. The lowest BCUT2D eigenvalue weighted by atomic mass is 9.68. The van der Waals surface area contributed by atoms with Gasteiger partial charge in [0.15, 0.2) is 0 Å². The summed E-state index contributed by atoms with van der Waals surface area (Å²) in [4.78, 5) is 2.59. The number of fused-ring (bicyclic) bond motifs is 7. The van der Waals surface area contributed by atoms with Crippen molar-refractivity contribution in [2.75, 3.05) is 4.90 Å². The van der Waals surface area contributed by atoms with Crippen molar-refractivity contribution in [3.8, 4) is 39.1 Å². The Kier molecular flexibility index (Phi) is 10.5. The summed E-state index contributed by atoms with van der Waals surface area (Å²) in [5, 5.41) is 5.17. The van der Waals surface area contributed by atoms with Crippen molar-refractivity contribution >= 4 is 49.6 Å². The van der Waals surface area contributed by atoms with Gasteiger partial charge < -0.3 is 9.47 Å². The zero-order chi connectivity index (χ0) is 48.3. The third kappa shape index (κ3) is 6.85. The molecule has 1 aromatic heterocycles. The van der Waals surface area contributed by atoms with Crippen molar-refractivity contribution < 1.29 is 0 Å². The van der Waals surface area contributed by atoms with Gasteiger partial charge in [0.2, 0.25) is 0 Å². The molecule has 2 aliphatic carbocycles. The average molecular weight is 935 g/mol. The molecule has 1 fully saturated rings. The van der Waals surface area contributed by atoms with Crippen molar-refractivity contribution in [2.24, 2.45) is 0 Å². The van der Waals surface area contributed by atoms with Gasteiger partial charge in [-0.3, -0.25) is 0 Å². The van der Waals surface area contributed by atoms with Crippen LogP contribution in [0.1, 0.15) is 65.8 Å². The molecule has 73 heavy (non-hydrogen) atoms. The standard InChI is InChI=1S/C71H54N2/c1-5-24-49(25-6-1)56-39-20-26-50-27-21-41-60(68(50)56)58-36-14-17-45-65(58)72(55-35-19-28-51(48-55)57-40-22-42-61-59-37-15-18-46-66(59)73(70(57)61)54-33-11-4-12-34-54)67-47-23-44-64-69(67)62-38-13-16-43-63(62)71(64,52-29-7-2-8-30-52)53-31-9-3-10-32-53/h2-4,7-23,26-49H,1,5-6,24-25H2. The third-order valence-electron chi connectivity index (χ3n) is 16.2. The van der Waals surface area contributed by atoms with Gasteiger partial charge in [0.25, 0.3) is 0 Å². The molecule has 0 spiro atoms. The van der Waals surface area contributed by atoms with Crippen LogP contribution in [0.2, 0.25) is 0 Å². The van der Waals surface area contributed by atoms with E-state index < -0.39 is 5.41 Å². The molecule has 1 heterocycles. The van der Waals surface area contributed by atoms with Crippen molar-refractivity contribution in [3.05, 3.63) is 289 Å². The molecule has 0 saturated heterocycles. The lowest BCUT2D eigenvalue weighted by molar-refractivity contribution is 0.445. The number of anilines is 3. The number of rotatable bonds is 9. The fraction of sp³-hybridized carbons (Fsp3) is 0.0986. The van der Waals surface area contributed by atoms with Gasteiger partial charge in [0.1, 0.15) is 0 Å². The van der Waals surface area contributed by atoms with Gasteiger partial charge in [-0.15, -0.1) is 0 Å². The molecule has 2 nitrogen and oxygen atoms in total. The summed E-state index contributed by atoms with van der Waals surface area (Å²) < 4.78 is 2.46. The number of aromatic nitrogens is 1. The maximum Gasteiger partial charge on any atom is 0.0714 e. The smallest absolute Gasteiger partial charge is 0.0714 e. The van der Waals surface area contributed by atoms with Gasteiger partial charge in [-0.1, -0.05) is 238 Å². The number of hydrogen-bond donors (Lipinski definition) is 0. The molecular weight excluding hydrogens is 881 g/mol. The van der Waals surface area contributed by atoms with Crippen LogP contribution in [0.5, 0.6) is 0 Å². The second-order valence-corrected chi connectivity index (χ2v) is 20.1. The second-order valence-electron chi connectivity index (χ2n) is 20.1. The van der Waals surface area contributed by atoms with E-state index in [0.29, 0.717) is 5.92 Å². The van der Waals surface area contributed by atoms with Gasteiger partial charge in [0.05, 0.1) is 27.8 Å². The Morgan fingerprint density at radius 3 is 1.78 bits per heavy atom. The van der Waals surface area contributed by atoms with E-state index in [2.05, 4.69) is 270 Å². The molecule has 0 N–H and O–H groups in total. The first-order valence-corrected chi connectivity index (χ1v) is 26.2. The van der Waals surface area contributed by atoms with Crippen LogP contribution in [0.25, 0.3) is 71.6 Å². The molecule has 348 valence electrons. The zero-order valence-electron chi connectivity index (χ0n) is 40.8. The molecule has 0 amide bonds. The van der Waals surface area contributed by atoms with Gasteiger partial charge in [-0.05, 0) is 117 Å². The zero-order valence-corrected chi connectivity index (χ0v) is 40.8. The largest absolute Gasteiger partial charge is 0.309 e. The van der Waals surface area contributed by atoms with E-state index in [1.165, 1.54) is 120 Å². The van der Waals surface area contributed by atoms with Crippen LogP contribution in [0, 0.1) is 0 Å². The average Bonchev–Trinajstić information content (AvgIpc) is 3.98. The summed E-state index contributed by atoms with van der Waals surface area (Å²) in [6.07, 6.45) is 6.39. The molecule has 1 saturated carbocycles. The van der Waals surface area contributed by atoms with Crippen LogP contribution in [0.3, 0.4) is 0 Å². The highest BCUT2D eigenvalue weighted by Gasteiger charge is 2.47. The highest BCUT2D eigenvalue weighted by atomic mass is 15.1. The number of para-hydroxylation sites is 4. The van der Waals surface area contributed by atoms with Crippen LogP contribution in [-0.2, 0) is 5.41 Å². The maximum absolute atomic E-state index is 2.59. The van der Waals surface area contributed by atoms with E-state index in [-0.39, 0.29) is 0 Å². The van der Waals surface area contributed by atoms with Crippen LogP contribution in [0.4, 0.5) is 17.1 Å². The summed E-state index contributed by atoms with van der Waals surface area (Å²) in [7, 11) is 0. The molecule has 0 bridgehead atoms. The molecule has 0 unspecified atom stereocenters. The fourth-order valence-corrected chi connectivity index (χ4v) is 13.2. The normalized spacial score (nSPS) is 14.1. The van der Waals surface area contributed by atoms with E-state index in [4.69, 9.17) is 0 Å². The number of hydrogen-bond acceptors (Lipinski definition) is 1. The number of benzene rings is 11. The predicted octanol–water partition coefficient (Wildman–Crippen LogP) is 19.2. The quantitative estimate of drug-likeness (QED) is 0.140. The Balaban J connectivity index is 1.06. The van der Waals surface area contributed by atoms with Crippen LogP contribution in [0.15, 0.2) is 261 Å². The van der Waals surface area contributed by atoms with Gasteiger partial charge in [-0.2, -0.15) is 0 Å². The second kappa shape index (κ2) is 17.8. The minimum absolute atomic E-state index is 0.547. The Morgan fingerprint density at radius 1 is 0.411 bits per heavy atom. The summed E-state index contributed by atoms with van der Waals surface area (Å²) in [6.45, 7) is 0. The van der Waals surface area contributed by atoms with E-state index in [9.17, 15) is 0 Å². The Morgan fingerprint density at radius 2 is 0.986 bits per heavy atom. The SMILES string of the molecule is c1ccc(-n2c3ccccc3c3cccc(-c4cccc(N(c5ccccc5-c5cccc6cccc(C7CCCCC7)c56)c5cccc6c5-c5ccccc5C6(c5ccccc5)c5ccccc5)c4)c32)cc1. The van der Waals surface area contributed by atoms with Gasteiger partial charge in [0, 0.05) is 38.8 Å². The topological polar surface area (TPSA) is 8.17 Å². The van der Waals surface area contributed by atoms with Crippen molar-refractivity contribution in [1.82, 2.24) is 4.57 Å². The van der Waals surface area contributed by atoms with E-state index in [1.807, 2.05) is 0 Å². The molecule has 2 aliphatic rings. The maximum atomic E-state index is 2.59. The monoisotopic (exact) mass is 934 g/mol. The molecule has 0 radical (unpaired) electrons.